The minimum absolute atomic E-state index is 0.474. The fourth-order valence-corrected chi connectivity index (χ4v) is 3.29. The molecule has 1 N–H and O–H groups in total. The van der Waals surface area contributed by atoms with Gasteiger partial charge in [0.2, 0.25) is 0 Å². The van der Waals surface area contributed by atoms with Crippen LogP contribution in [0, 0.1) is 6.92 Å². The van der Waals surface area contributed by atoms with Gasteiger partial charge < -0.3 is 5.11 Å². The lowest BCUT2D eigenvalue weighted by Crippen LogP contribution is -2.04. The van der Waals surface area contributed by atoms with E-state index >= 15 is 0 Å². The Hall–Kier alpha value is -1.54. The average Bonchev–Trinajstić information content (AvgIpc) is 2.46. The van der Waals surface area contributed by atoms with Gasteiger partial charge in [0, 0.05) is 15.6 Å². The van der Waals surface area contributed by atoms with Crippen molar-refractivity contribution in [1.82, 2.24) is 0 Å². The van der Waals surface area contributed by atoms with Gasteiger partial charge in [0.15, 0.2) is 0 Å². The van der Waals surface area contributed by atoms with Crippen LogP contribution in [-0.2, 0) is 0 Å². The second kappa shape index (κ2) is 5.69. The number of halogens is 2. The van der Waals surface area contributed by atoms with Gasteiger partial charge in [-0.1, -0.05) is 65.7 Å². The molecule has 1 atom stereocenters. The highest BCUT2D eigenvalue weighted by atomic mass is 35.5. The summed E-state index contributed by atoms with van der Waals surface area (Å²) in [6.07, 6.45) is -0.850. The lowest BCUT2D eigenvalue weighted by molar-refractivity contribution is 0.221. The van der Waals surface area contributed by atoms with E-state index in [1.54, 1.807) is 18.2 Å². The number of aliphatic hydroxyl groups is 1. The van der Waals surface area contributed by atoms with E-state index in [1.807, 2.05) is 37.3 Å². The minimum Gasteiger partial charge on any atom is -0.384 e. The molecule has 3 rings (SSSR count). The highest BCUT2D eigenvalue weighted by Crippen LogP contribution is 2.38. The van der Waals surface area contributed by atoms with Crippen molar-refractivity contribution in [2.24, 2.45) is 0 Å². The van der Waals surface area contributed by atoms with Gasteiger partial charge in [0.25, 0.3) is 0 Å². The maximum Gasteiger partial charge on any atom is 0.108 e. The summed E-state index contributed by atoms with van der Waals surface area (Å²) in [4.78, 5) is 0. The zero-order valence-electron chi connectivity index (χ0n) is 11.5. The summed E-state index contributed by atoms with van der Waals surface area (Å²) in [7, 11) is 0. The Labute approximate surface area is 133 Å². The van der Waals surface area contributed by atoms with Crippen LogP contribution in [0.25, 0.3) is 10.8 Å². The first-order valence-corrected chi connectivity index (χ1v) is 7.45. The van der Waals surface area contributed by atoms with Gasteiger partial charge in [-0.15, -0.1) is 0 Å². The van der Waals surface area contributed by atoms with Crippen LogP contribution >= 0.6 is 23.2 Å². The number of benzene rings is 3. The van der Waals surface area contributed by atoms with Crippen molar-refractivity contribution in [1.29, 1.82) is 0 Å². The third kappa shape index (κ3) is 2.53. The second-order valence-corrected chi connectivity index (χ2v) is 5.87. The lowest BCUT2D eigenvalue weighted by atomic mass is 9.92. The molecule has 0 aliphatic heterocycles. The predicted octanol–water partition coefficient (Wildman–Crippen LogP) is 5.54. The highest BCUT2D eigenvalue weighted by Gasteiger charge is 2.21. The molecule has 21 heavy (non-hydrogen) atoms. The summed E-state index contributed by atoms with van der Waals surface area (Å²) >= 11 is 12.5. The first-order valence-electron chi connectivity index (χ1n) is 6.70. The Morgan fingerprint density at radius 3 is 2.19 bits per heavy atom. The Balaban J connectivity index is 2.27. The molecule has 106 valence electrons. The van der Waals surface area contributed by atoms with Crippen LogP contribution < -0.4 is 0 Å². The fourth-order valence-electron chi connectivity index (χ4n) is 2.68. The molecule has 3 aromatic rings. The third-order valence-electron chi connectivity index (χ3n) is 3.74. The van der Waals surface area contributed by atoms with Crippen molar-refractivity contribution >= 4 is 34.0 Å². The average molecular weight is 317 g/mol. The van der Waals surface area contributed by atoms with Gasteiger partial charge in [-0.3, -0.25) is 0 Å². The quantitative estimate of drug-likeness (QED) is 0.658. The van der Waals surface area contributed by atoms with Crippen LogP contribution in [0.4, 0.5) is 0 Å². The molecule has 0 saturated heterocycles. The monoisotopic (exact) mass is 316 g/mol. The number of hydrogen-bond acceptors (Lipinski definition) is 1. The van der Waals surface area contributed by atoms with Crippen LogP contribution in [-0.4, -0.2) is 5.11 Å². The molecule has 0 heterocycles. The van der Waals surface area contributed by atoms with Gasteiger partial charge in [-0.05, 0) is 41.0 Å². The van der Waals surface area contributed by atoms with Crippen LogP contribution in [0.2, 0.25) is 10.0 Å². The molecule has 0 bridgehead atoms. The number of hydrogen-bond donors (Lipinski definition) is 1. The van der Waals surface area contributed by atoms with Gasteiger partial charge in [-0.2, -0.15) is 0 Å². The molecule has 1 unspecified atom stereocenters. The van der Waals surface area contributed by atoms with E-state index in [-0.39, 0.29) is 0 Å². The maximum atomic E-state index is 10.9. The molecule has 0 aliphatic rings. The normalized spacial score (nSPS) is 12.6. The molecular weight excluding hydrogens is 303 g/mol. The second-order valence-electron chi connectivity index (χ2n) is 5.06. The van der Waals surface area contributed by atoms with Crippen molar-refractivity contribution in [3.05, 3.63) is 81.3 Å². The number of fused-ring (bicyclic) bond motifs is 1. The topological polar surface area (TPSA) is 20.2 Å². The van der Waals surface area contributed by atoms with Crippen molar-refractivity contribution < 1.29 is 5.11 Å². The Morgan fingerprint density at radius 1 is 0.810 bits per heavy atom. The Kier molecular flexibility index (Phi) is 3.90. The first kappa shape index (κ1) is 14.4. The molecule has 3 heteroatoms. The molecule has 0 saturated carbocycles. The van der Waals surface area contributed by atoms with E-state index in [9.17, 15) is 5.11 Å². The summed E-state index contributed by atoms with van der Waals surface area (Å²) in [5.74, 6) is 0. The van der Waals surface area contributed by atoms with Gasteiger partial charge in [0.1, 0.15) is 6.10 Å². The van der Waals surface area contributed by atoms with Crippen molar-refractivity contribution in [2.45, 2.75) is 13.0 Å². The largest absolute Gasteiger partial charge is 0.384 e. The SMILES string of the molecule is Cc1ccc2ccccc2c1C(O)c1c(Cl)cccc1Cl. The van der Waals surface area contributed by atoms with E-state index < -0.39 is 6.10 Å². The summed E-state index contributed by atoms with van der Waals surface area (Å²) in [5.41, 5.74) is 2.42. The number of aliphatic hydroxyl groups excluding tert-OH is 1. The van der Waals surface area contributed by atoms with E-state index in [0.29, 0.717) is 15.6 Å². The predicted molar refractivity (Wildman–Crippen MR) is 89.2 cm³/mol. The van der Waals surface area contributed by atoms with E-state index in [4.69, 9.17) is 23.2 Å². The van der Waals surface area contributed by atoms with E-state index in [0.717, 1.165) is 21.9 Å². The minimum atomic E-state index is -0.850. The van der Waals surface area contributed by atoms with Crippen molar-refractivity contribution in [3.63, 3.8) is 0 Å². The molecule has 0 aromatic heterocycles. The summed E-state index contributed by atoms with van der Waals surface area (Å²) < 4.78 is 0. The smallest absolute Gasteiger partial charge is 0.108 e. The summed E-state index contributed by atoms with van der Waals surface area (Å²) in [6, 6.07) is 17.3. The molecule has 0 aliphatic carbocycles. The van der Waals surface area contributed by atoms with Crippen molar-refractivity contribution in [3.8, 4) is 0 Å². The van der Waals surface area contributed by atoms with Crippen LogP contribution in [0.3, 0.4) is 0 Å². The highest BCUT2D eigenvalue weighted by molar-refractivity contribution is 6.36. The molecule has 3 aromatic carbocycles. The standard InChI is InChI=1S/C18H14Cl2O/c1-11-9-10-12-5-2-3-6-13(12)16(11)18(21)17-14(19)7-4-8-15(17)20/h2-10,18,21H,1H3. The zero-order valence-corrected chi connectivity index (χ0v) is 13.0. The van der Waals surface area contributed by atoms with E-state index in [2.05, 4.69) is 6.07 Å². The van der Waals surface area contributed by atoms with E-state index in [1.165, 1.54) is 0 Å². The Morgan fingerprint density at radius 2 is 1.48 bits per heavy atom. The molecule has 1 nitrogen and oxygen atoms in total. The molecular formula is C18H14Cl2O. The molecule has 0 amide bonds. The molecule has 0 fully saturated rings. The summed E-state index contributed by atoms with van der Waals surface area (Å²) in [6.45, 7) is 1.98. The summed E-state index contributed by atoms with van der Waals surface area (Å²) in [5, 5.41) is 13.9. The Bertz CT molecular complexity index is 791. The van der Waals surface area contributed by atoms with Crippen LogP contribution in [0.5, 0.6) is 0 Å². The lowest BCUT2D eigenvalue weighted by Gasteiger charge is -2.19. The van der Waals surface area contributed by atoms with Gasteiger partial charge in [-0.25, -0.2) is 0 Å². The number of aryl methyl sites for hydroxylation is 1. The van der Waals surface area contributed by atoms with Crippen LogP contribution in [0.1, 0.15) is 22.8 Å². The maximum absolute atomic E-state index is 10.9. The molecule has 0 spiro atoms. The first-order chi connectivity index (χ1) is 10.1. The fraction of sp³-hybridized carbons (Fsp3) is 0.111. The third-order valence-corrected chi connectivity index (χ3v) is 4.39. The van der Waals surface area contributed by atoms with Crippen LogP contribution in [0.15, 0.2) is 54.6 Å². The van der Waals surface area contributed by atoms with Gasteiger partial charge >= 0.3 is 0 Å². The molecule has 0 radical (unpaired) electrons. The zero-order chi connectivity index (χ0) is 15.0. The van der Waals surface area contributed by atoms with Crippen molar-refractivity contribution in [2.75, 3.05) is 0 Å². The van der Waals surface area contributed by atoms with Gasteiger partial charge in [0.05, 0.1) is 0 Å². The number of rotatable bonds is 2.